The predicted molar refractivity (Wildman–Crippen MR) is 82.2 cm³/mol. The lowest BCUT2D eigenvalue weighted by Gasteiger charge is -2.36. The fraction of sp³-hybridized carbons (Fsp3) is 0.750. The van der Waals surface area contributed by atoms with Crippen LogP contribution >= 0.6 is 0 Å². The number of hydrogen-bond donors (Lipinski definition) is 3. The number of carbonyl (C=O) groups is 2. The molecule has 124 valence electrons. The van der Waals surface area contributed by atoms with Crippen molar-refractivity contribution in [2.75, 3.05) is 0 Å². The van der Waals surface area contributed by atoms with Crippen LogP contribution in [-0.4, -0.2) is 41.3 Å². The molecule has 3 atom stereocenters. The fourth-order valence-electron chi connectivity index (χ4n) is 2.80. The van der Waals surface area contributed by atoms with E-state index < -0.39 is 18.1 Å². The summed E-state index contributed by atoms with van der Waals surface area (Å²) in [6.07, 6.45) is 4.91. The highest BCUT2D eigenvalue weighted by Gasteiger charge is 2.38. The lowest BCUT2D eigenvalue weighted by Crippen LogP contribution is -2.57. The first-order valence-corrected chi connectivity index (χ1v) is 8.11. The van der Waals surface area contributed by atoms with Crippen molar-refractivity contribution in [1.29, 1.82) is 0 Å². The number of carboxylic acid groups (broad SMARTS) is 1. The van der Waals surface area contributed by atoms with Crippen molar-refractivity contribution in [2.45, 2.75) is 70.2 Å². The van der Waals surface area contributed by atoms with Gasteiger partial charge in [-0.3, -0.25) is 4.79 Å². The Morgan fingerprint density at radius 2 is 2.05 bits per heavy atom. The van der Waals surface area contributed by atoms with Crippen LogP contribution in [0.3, 0.4) is 0 Å². The third kappa shape index (κ3) is 4.08. The maximum absolute atomic E-state index is 12.0. The zero-order valence-electron chi connectivity index (χ0n) is 13.2. The molecule has 2 aliphatic carbocycles. The van der Waals surface area contributed by atoms with Crippen LogP contribution in [0.4, 0.5) is 0 Å². The highest BCUT2D eigenvalue weighted by molar-refractivity contribution is 5.87. The summed E-state index contributed by atoms with van der Waals surface area (Å²) in [5.74, 6) is -0.878. The fourth-order valence-corrected chi connectivity index (χ4v) is 2.80. The summed E-state index contributed by atoms with van der Waals surface area (Å²) in [5.41, 5.74) is 6.39. The van der Waals surface area contributed by atoms with Crippen LogP contribution in [0.1, 0.15) is 46.0 Å². The van der Waals surface area contributed by atoms with Gasteiger partial charge in [-0.05, 0) is 38.2 Å². The number of hydrogen-bond acceptors (Lipinski definition) is 4. The first-order chi connectivity index (χ1) is 10.5. The first-order valence-electron chi connectivity index (χ1n) is 8.11. The molecule has 22 heavy (non-hydrogen) atoms. The molecular weight excluding hydrogens is 284 g/mol. The molecule has 1 fully saturated rings. The molecule has 0 spiro atoms. The first kappa shape index (κ1) is 17.0. The van der Waals surface area contributed by atoms with Crippen LogP contribution in [0.15, 0.2) is 11.6 Å². The molecular formula is C16H26N2O4. The SMILES string of the molecule is CCC(CC)OC1C=C(C(=O)O)CC(N)C1NC(=O)C1CC1. The van der Waals surface area contributed by atoms with Crippen molar-refractivity contribution in [3.63, 3.8) is 0 Å². The van der Waals surface area contributed by atoms with Crippen LogP contribution < -0.4 is 11.1 Å². The van der Waals surface area contributed by atoms with Crippen molar-refractivity contribution < 1.29 is 19.4 Å². The van der Waals surface area contributed by atoms with Crippen molar-refractivity contribution in [2.24, 2.45) is 11.7 Å². The van der Waals surface area contributed by atoms with Gasteiger partial charge in [-0.15, -0.1) is 0 Å². The molecule has 0 bridgehead atoms. The molecule has 0 aromatic heterocycles. The van der Waals surface area contributed by atoms with E-state index in [1.165, 1.54) is 0 Å². The molecule has 2 aliphatic rings. The van der Waals surface area contributed by atoms with Gasteiger partial charge in [0.25, 0.3) is 0 Å². The second kappa shape index (κ2) is 7.24. The van der Waals surface area contributed by atoms with E-state index in [1.54, 1.807) is 6.08 Å². The zero-order valence-corrected chi connectivity index (χ0v) is 13.2. The van der Waals surface area contributed by atoms with Gasteiger partial charge in [0, 0.05) is 17.5 Å². The maximum Gasteiger partial charge on any atom is 0.331 e. The Bertz CT molecular complexity index is 455. The second-order valence-corrected chi connectivity index (χ2v) is 6.21. The number of rotatable bonds is 7. The third-order valence-corrected chi connectivity index (χ3v) is 4.43. The molecule has 6 heteroatoms. The van der Waals surface area contributed by atoms with E-state index in [0.717, 1.165) is 25.7 Å². The van der Waals surface area contributed by atoms with Gasteiger partial charge in [0.05, 0.1) is 18.2 Å². The van der Waals surface area contributed by atoms with Gasteiger partial charge in [-0.1, -0.05) is 13.8 Å². The lowest BCUT2D eigenvalue weighted by molar-refractivity contribution is -0.133. The molecule has 3 unspecified atom stereocenters. The minimum atomic E-state index is -0.972. The van der Waals surface area contributed by atoms with Crippen molar-refractivity contribution in [1.82, 2.24) is 5.32 Å². The van der Waals surface area contributed by atoms with E-state index >= 15 is 0 Å². The minimum Gasteiger partial charge on any atom is -0.478 e. The topological polar surface area (TPSA) is 102 Å². The molecule has 0 aromatic rings. The average molecular weight is 310 g/mol. The quantitative estimate of drug-likeness (QED) is 0.656. The molecule has 6 nitrogen and oxygen atoms in total. The molecule has 2 rings (SSSR count). The number of carbonyl (C=O) groups excluding carboxylic acids is 1. The molecule has 0 aliphatic heterocycles. The average Bonchev–Trinajstić information content (AvgIpc) is 3.31. The highest BCUT2D eigenvalue weighted by atomic mass is 16.5. The van der Waals surface area contributed by atoms with Gasteiger partial charge in [0.15, 0.2) is 0 Å². The van der Waals surface area contributed by atoms with Gasteiger partial charge in [-0.2, -0.15) is 0 Å². The summed E-state index contributed by atoms with van der Waals surface area (Å²) < 4.78 is 6.02. The van der Waals surface area contributed by atoms with Gasteiger partial charge in [0.1, 0.15) is 0 Å². The normalized spacial score (nSPS) is 28.4. The Morgan fingerprint density at radius 1 is 1.41 bits per heavy atom. The third-order valence-electron chi connectivity index (χ3n) is 4.43. The molecule has 0 heterocycles. The standard InChI is InChI=1S/C16H26N2O4/c1-3-11(4-2)22-13-8-10(16(20)21)7-12(17)14(13)18-15(19)9-5-6-9/h8-9,11-14H,3-7,17H2,1-2H3,(H,18,19)(H,20,21). The summed E-state index contributed by atoms with van der Waals surface area (Å²) in [5, 5.41) is 12.2. The number of aliphatic carboxylic acids is 1. The molecule has 0 radical (unpaired) electrons. The summed E-state index contributed by atoms with van der Waals surface area (Å²) in [7, 11) is 0. The van der Waals surface area contributed by atoms with Gasteiger partial charge in [0.2, 0.25) is 5.91 Å². The number of amides is 1. The molecule has 1 amide bonds. The van der Waals surface area contributed by atoms with Crippen LogP contribution in [0.25, 0.3) is 0 Å². The smallest absolute Gasteiger partial charge is 0.331 e. The van der Waals surface area contributed by atoms with Crippen molar-refractivity contribution >= 4 is 11.9 Å². The number of nitrogens with one attached hydrogen (secondary N) is 1. The molecule has 0 saturated heterocycles. The van der Waals surface area contributed by atoms with Gasteiger partial charge < -0.3 is 20.9 Å². The Morgan fingerprint density at radius 3 is 2.55 bits per heavy atom. The van der Waals surface area contributed by atoms with Gasteiger partial charge >= 0.3 is 5.97 Å². The minimum absolute atomic E-state index is 0.00534. The molecule has 4 N–H and O–H groups in total. The summed E-state index contributed by atoms with van der Waals surface area (Å²) in [4.78, 5) is 23.3. The van der Waals surface area contributed by atoms with E-state index in [9.17, 15) is 14.7 Å². The number of ether oxygens (including phenoxy) is 1. The number of nitrogens with two attached hydrogens (primary N) is 1. The summed E-state index contributed by atoms with van der Waals surface area (Å²) in [6.45, 7) is 4.05. The monoisotopic (exact) mass is 310 g/mol. The Balaban J connectivity index is 2.15. The highest BCUT2D eigenvalue weighted by Crippen LogP contribution is 2.30. The Hall–Kier alpha value is -1.40. The molecule has 1 saturated carbocycles. The second-order valence-electron chi connectivity index (χ2n) is 6.21. The van der Waals surface area contributed by atoms with Crippen LogP contribution in [-0.2, 0) is 14.3 Å². The number of carboxylic acids is 1. The summed E-state index contributed by atoms with van der Waals surface area (Å²) in [6, 6.07) is -0.810. The Labute approximate surface area is 131 Å². The van der Waals surface area contributed by atoms with E-state index in [2.05, 4.69) is 5.32 Å². The van der Waals surface area contributed by atoms with E-state index in [-0.39, 0.29) is 36.0 Å². The largest absolute Gasteiger partial charge is 0.478 e. The van der Waals surface area contributed by atoms with E-state index in [0.29, 0.717) is 0 Å². The van der Waals surface area contributed by atoms with Crippen LogP contribution in [0.5, 0.6) is 0 Å². The van der Waals surface area contributed by atoms with Crippen LogP contribution in [0, 0.1) is 5.92 Å². The predicted octanol–water partition coefficient (Wildman–Crippen LogP) is 1.20. The van der Waals surface area contributed by atoms with Crippen molar-refractivity contribution in [3.8, 4) is 0 Å². The van der Waals surface area contributed by atoms with E-state index in [4.69, 9.17) is 10.5 Å². The lowest BCUT2D eigenvalue weighted by atomic mass is 9.88. The maximum atomic E-state index is 12.0. The van der Waals surface area contributed by atoms with Crippen LogP contribution in [0.2, 0.25) is 0 Å². The summed E-state index contributed by atoms with van der Waals surface area (Å²) >= 11 is 0. The van der Waals surface area contributed by atoms with Gasteiger partial charge in [-0.25, -0.2) is 4.79 Å². The molecule has 0 aromatic carbocycles. The van der Waals surface area contributed by atoms with E-state index in [1.807, 2.05) is 13.8 Å². The van der Waals surface area contributed by atoms with Crippen molar-refractivity contribution in [3.05, 3.63) is 11.6 Å². The Kier molecular flexibility index (Phi) is 5.58. The zero-order chi connectivity index (χ0) is 16.3.